The Kier molecular flexibility index (Phi) is 6.78. The third-order valence-corrected chi connectivity index (χ3v) is 4.09. The van der Waals surface area contributed by atoms with Gasteiger partial charge in [-0.3, -0.25) is 4.79 Å². The second kappa shape index (κ2) is 9.04. The molecule has 0 spiro atoms. The van der Waals surface area contributed by atoms with Crippen molar-refractivity contribution in [2.24, 2.45) is 0 Å². The van der Waals surface area contributed by atoms with Gasteiger partial charge in [0.2, 0.25) is 0 Å². The molecule has 0 saturated carbocycles. The van der Waals surface area contributed by atoms with Crippen LogP contribution in [0.3, 0.4) is 0 Å². The number of rotatable bonds is 7. The Bertz CT molecular complexity index is 735. The molecule has 0 radical (unpaired) electrons. The molecule has 0 fully saturated rings. The third-order valence-electron chi connectivity index (χ3n) is 4.09. The minimum absolute atomic E-state index is 0.291. The van der Waals surface area contributed by atoms with Crippen molar-refractivity contribution in [3.8, 4) is 0 Å². The van der Waals surface area contributed by atoms with Crippen molar-refractivity contribution in [1.82, 2.24) is 5.32 Å². The van der Waals surface area contributed by atoms with Crippen LogP contribution in [0.4, 0.5) is 5.69 Å². The topological polar surface area (TPSA) is 58.6 Å². The van der Waals surface area contributed by atoms with Gasteiger partial charge in [0.15, 0.2) is 6.61 Å². The van der Waals surface area contributed by atoms with E-state index in [0.717, 1.165) is 16.8 Å². The zero-order valence-electron chi connectivity index (χ0n) is 15.8. The van der Waals surface area contributed by atoms with Crippen molar-refractivity contribution in [3.63, 3.8) is 0 Å². The molecule has 0 atom stereocenters. The summed E-state index contributed by atoms with van der Waals surface area (Å²) in [5, 5.41) is 2.75. The first kappa shape index (κ1) is 19.5. The minimum Gasteiger partial charge on any atom is -0.452 e. The fourth-order valence-electron chi connectivity index (χ4n) is 2.38. The van der Waals surface area contributed by atoms with Crippen molar-refractivity contribution in [1.29, 1.82) is 0 Å². The first-order chi connectivity index (χ1) is 12.4. The van der Waals surface area contributed by atoms with Crippen LogP contribution in [0.1, 0.15) is 41.3 Å². The summed E-state index contributed by atoms with van der Waals surface area (Å²) in [6, 6.07) is 15.1. The number of hydrogen-bond acceptors (Lipinski definition) is 4. The second-order valence-corrected chi connectivity index (χ2v) is 6.69. The van der Waals surface area contributed by atoms with Crippen LogP contribution in [-0.2, 0) is 16.1 Å². The van der Waals surface area contributed by atoms with Crippen molar-refractivity contribution in [3.05, 3.63) is 65.2 Å². The molecule has 138 valence electrons. The van der Waals surface area contributed by atoms with Gasteiger partial charge in [0.05, 0.1) is 5.56 Å². The van der Waals surface area contributed by atoms with Crippen LogP contribution < -0.4 is 10.2 Å². The van der Waals surface area contributed by atoms with Crippen LogP contribution in [0.25, 0.3) is 0 Å². The molecule has 0 saturated heterocycles. The summed E-state index contributed by atoms with van der Waals surface area (Å²) in [6.45, 7) is 4.28. The van der Waals surface area contributed by atoms with Gasteiger partial charge in [0, 0.05) is 26.3 Å². The number of nitrogens with zero attached hydrogens (tertiary/aromatic N) is 1. The number of hydrogen-bond donors (Lipinski definition) is 1. The van der Waals surface area contributed by atoms with E-state index < -0.39 is 5.97 Å². The monoisotopic (exact) mass is 354 g/mol. The van der Waals surface area contributed by atoms with Crippen molar-refractivity contribution in [2.75, 3.05) is 25.6 Å². The third kappa shape index (κ3) is 5.62. The summed E-state index contributed by atoms with van der Waals surface area (Å²) in [4.78, 5) is 25.9. The fourth-order valence-corrected chi connectivity index (χ4v) is 2.38. The standard InChI is InChI=1S/C21H26N2O3/c1-15(2)17-7-9-18(10-8-17)21(25)26-14-20(24)22-13-16-5-11-19(12-6-16)23(3)4/h5-12,15H,13-14H2,1-4H3,(H,22,24). The molecule has 26 heavy (non-hydrogen) atoms. The van der Waals surface area contributed by atoms with Gasteiger partial charge >= 0.3 is 5.97 Å². The second-order valence-electron chi connectivity index (χ2n) is 6.69. The zero-order chi connectivity index (χ0) is 19.1. The molecule has 0 heterocycles. The maximum absolute atomic E-state index is 12.0. The van der Waals surface area contributed by atoms with Crippen LogP contribution in [-0.4, -0.2) is 32.6 Å². The summed E-state index contributed by atoms with van der Waals surface area (Å²) < 4.78 is 5.07. The number of benzene rings is 2. The molecule has 0 bridgehead atoms. The lowest BCUT2D eigenvalue weighted by atomic mass is 10.0. The lowest BCUT2D eigenvalue weighted by molar-refractivity contribution is -0.124. The Morgan fingerprint density at radius 3 is 2.15 bits per heavy atom. The first-order valence-electron chi connectivity index (χ1n) is 8.67. The summed E-state index contributed by atoms with van der Waals surface area (Å²) in [5.74, 6) is -0.419. The average Bonchev–Trinajstić information content (AvgIpc) is 2.64. The highest BCUT2D eigenvalue weighted by Crippen LogP contribution is 2.15. The maximum Gasteiger partial charge on any atom is 0.338 e. The largest absolute Gasteiger partial charge is 0.452 e. The quantitative estimate of drug-likeness (QED) is 0.775. The van der Waals surface area contributed by atoms with Crippen LogP contribution in [0.2, 0.25) is 0 Å². The Hall–Kier alpha value is -2.82. The van der Waals surface area contributed by atoms with E-state index in [2.05, 4.69) is 19.2 Å². The van der Waals surface area contributed by atoms with Gasteiger partial charge in [-0.25, -0.2) is 4.79 Å². The molecule has 1 amide bonds. The summed E-state index contributed by atoms with van der Waals surface area (Å²) in [7, 11) is 3.95. The van der Waals surface area contributed by atoms with E-state index in [4.69, 9.17) is 4.74 Å². The predicted molar refractivity (Wildman–Crippen MR) is 103 cm³/mol. The zero-order valence-corrected chi connectivity index (χ0v) is 15.8. The summed E-state index contributed by atoms with van der Waals surface area (Å²) >= 11 is 0. The highest BCUT2D eigenvalue weighted by atomic mass is 16.5. The molecule has 0 aromatic heterocycles. The molecule has 1 N–H and O–H groups in total. The number of nitrogens with one attached hydrogen (secondary N) is 1. The predicted octanol–water partition coefficient (Wildman–Crippen LogP) is 3.35. The van der Waals surface area contributed by atoms with E-state index in [-0.39, 0.29) is 12.5 Å². The Balaban J connectivity index is 1.78. The summed E-state index contributed by atoms with van der Waals surface area (Å²) in [5.41, 5.74) is 3.68. The Labute approximate surface area is 155 Å². The smallest absolute Gasteiger partial charge is 0.338 e. The molecular formula is C21H26N2O3. The van der Waals surface area contributed by atoms with Gasteiger partial charge in [0.1, 0.15) is 0 Å². The number of carbonyl (C=O) groups is 2. The normalized spacial score (nSPS) is 10.5. The minimum atomic E-state index is -0.495. The molecule has 0 aliphatic heterocycles. The number of ether oxygens (including phenoxy) is 1. The van der Waals surface area contributed by atoms with Gasteiger partial charge in [-0.05, 0) is 41.3 Å². The highest BCUT2D eigenvalue weighted by molar-refractivity contribution is 5.91. The van der Waals surface area contributed by atoms with Crippen LogP contribution >= 0.6 is 0 Å². The van der Waals surface area contributed by atoms with Crippen molar-refractivity contribution >= 4 is 17.6 Å². The van der Waals surface area contributed by atoms with Crippen molar-refractivity contribution < 1.29 is 14.3 Å². The van der Waals surface area contributed by atoms with E-state index in [1.54, 1.807) is 12.1 Å². The van der Waals surface area contributed by atoms with Crippen LogP contribution in [0.5, 0.6) is 0 Å². The molecule has 5 heteroatoms. The molecule has 0 aliphatic carbocycles. The maximum atomic E-state index is 12.0. The molecule has 0 aliphatic rings. The lowest BCUT2D eigenvalue weighted by Gasteiger charge is -2.13. The van der Waals surface area contributed by atoms with Crippen molar-refractivity contribution in [2.45, 2.75) is 26.3 Å². The van der Waals surface area contributed by atoms with Gasteiger partial charge in [-0.2, -0.15) is 0 Å². The van der Waals surface area contributed by atoms with Gasteiger partial charge < -0.3 is 15.0 Å². The SMILES string of the molecule is CC(C)c1ccc(C(=O)OCC(=O)NCc2ccc(N(C)C)cc2)cc1. The van der Waals surface area contributed by atoms with Gasteiger partial charge in [-0.15, -0.1) is 0 Å². The average molecular weight is 354 g/mol. The van der Waals surface area contributed by atoms with E-state index in [1.807, 2.05) is 55.4 Å². The number of esters is 1. The fraction of sp³-hybridized carbons (Fsp3) is 0.333. The van der Waals surface area contributed by atoms with Gasteiger partial charge in [-0.1, -0.05) is 38.1 Å². The van der Waals surface area contributed by atoms with Crippen LogP contribution in [0, 0.1) is 0 Å². The molecule has 0 unspecified atom stereocenters. The van der Waals surface area contributed by atoms with E-state index >= 15 is 0 Å². The van der Waals surface area contributed by atoms with E-state index in [9.17, 15) is 9.59 Å². The molecule has 2 aromatic rings. The molecule has 2 rings (SSSR count). The number of amides is 1. The van der Waals surface area contributed by atoms with E-state index in [1.165, 1.54) is 0 Å². The first-order valence-corrected chi connectivity index (χ1v) is 8.67. The molecule has 2 aromatic carbocycles. The number of carbonyl (C=O) groups excluding carboxylic acids is 2. The van der Waals surface area contributed by atoms with E-state index in [0.29, 0.717) is 18.0 Å². The molecule has 5 nitrogen and oxygen atoms in total. The number of anilines is 1. The Morgan fingerprint density at radius 2 is 1.62 bits per heavy atom. The summed E-state index contributed by atoms with van der Waals surface area (Å²) in [6.07, 6.45) is 0. The van der Waals surface area contributed by atoms with Crippen LogP contribution in [0.15, 0.2) is 48.5 Å². The van der Waals surface area contributed by atoms with Gasteiger partial charge in [0.25, 0.3) is 5.91 Å². The molecular weight excluding hydrogens is 328 g/mol. The lowest BCUT2D eigenvalue weighted by Crippen LogP contribution is -2.28. The Morgan fingerprint density at radius 1 is 1.00 bits per heavy atom. The highest BCUT2D eigenvalue weighted by Gasteiger charge is 2.10.